The quantitative estimate of drug-likeness (QED) is 0.818. The molecule has 2 aliphatic heterocycles. The molecule has 28 heavy (non-hydrogen) atoms. The van der Waals surface area contributed by atoms with Gasteiger partial charge in [-0.05, 0) is 12.1 Å². The van der Waals surface area contributed by atoms with Crippen LogP contribution >= 0.6 is 0 Å². The number of fused-ring (bicyclic) bond motifs is 2. The van der Waals surface area contributed by atoms with Crippen LogP contribution in [0.4, 0.5) is 8.78 Å². The minimum absolute atomic E-state index is 0.120. The summed E-state index contributed by atoms with van der Waals surface area (Å²) in [6.45, 7) is 0.334. The third-order valence-corrected chi connectivity index (χ3v) is 5.64. The Labute approximate surface area is 160 Å². The molecule has 2 heterocycles. The molecule has 1 unspecified atom stereocenters. The molecule has 1 aliphatic carbocycles. The van der Waals surface area contributed by atoms with Gasteiger partial charge < -0.3 is 14.4 Å². The summed E-state index contributed by atoms with van der Waals surface area (Å²) >= 11 is 0. The minimum Gasteiger partial charge on any atom is -0.481 e. The first-order valence-corrected chi connectivity index (χ1v) is 9.91. The number of sulfonamides is 1. The molecule has 0 bridgehead atoms. The van der Waals surface area contributed by atoms with Crippen molar-refractivity contribution in [2.45, 2.75) is 17.5 Å². The van der Waals surface area contributed by atoms with Gasteiger partial charge in [-0.1, -0.05) is 12.2 Å². The lowest BCUT2D eigenvalue weighted by Crippen LogP contribution is -2.35. The summed E-state index contributed by atoms with van der Waals surface area (Å²) in [4.78, 5) is 5.49. The lowest BCUT2D eigenvalue weighted by molar-refractivity contribution is 0.0381. The van der Waals surface area contributed by atoms with Crippen molar-refractivity contribution in [3.8, 4) is 0 Å². The zero-order valence-corrected chi connectivity index (χ0v) is 15.7. The van der Waals surface area contributed by atoms with Gasteiger partial charge in [-0.3, -0.25) is 0 Å². The molecular formula is C18H17F2N3O4S. The van der Waals surface area contributed by atoms with Crippen molar-refractivity contribution in [1.29, 1.82) is 0 Å². The SMILES string of the molecule is COC1=NC2C=CC3=C(C2=C1)N(Cc1c(F)cc(S(N)(=O)=O)cc1F)COC3. The van der Waals surface area contributed by atoms with Gasteiger partial charge in [-0.2, -0.15) is 0 Å². The van der Waals surface area contributed by atoms with E-state index in [9.17, 15) is 17.2 Å². The lowest BCUT2D eigenvalue weighted by Gasteiger charge is -2.36. The highest BCUT2D eigenvalue weighted by atomic mass is 32.2. The van der Waals surface area contributed by atoms with Gasteiger partial charge in [0.1, 0.15) is 18.4 Å². The normalized spacial score (nSPS) is 21.3. The van der Waals surface area contributed by atoms with Crippen molar-refractivity contribution in [3.05, 3.63) is 64.4 Å². The fraction of sp³-hybridized carbons (Fsp3) is 0.278. The van der Waals surface area contributed by atoms with Crippen LogP contribution < -0.4 is 5.14 Å². The molecule has 0 saturated heterocycles. The van der Waals surface area contributed by atoms with E-state index >= 15 is 0 Å². The number of hydrogen-bond acceptors (Lipinski definition) is 6. The first kappa shape index (κ1) is 18.8. The second-order valence-electron chi connectivity index (χ2n) is 6.53. The van der Waals surface area contributed by atoms with E-state index in [0.717, 1.165) is 29.0 Å². The molecule has 10 heteroatoms. The summed E-state index contributed by atoms with van der Waals surface area (Å²) in [5, 5.41) is 4.96. The van der Waals surface area contributed by atoms with E-state index in [1.54, 1.807) is 11.0 Å². The second kappa shape index (κ2) is 6.80. The van der Waals surface area contributed by atoms with E-state index < -0.39 is 26.6 Å². The summed E-state index contributed by atoms with van der Waals surface area (Å²) in [6.07, 6.45) is 5.58. The lowest BCUT2D eigenvalue weighted by atomic mass is 9.93. The first-order valence-electron chi connectivity index (χ1n) is 8.36. The van der Waals surface area contributed by atoms with Gasteiger partial charge in [0.25, 0.3) is 0 Å². The number of hydrogen-bond donors (Lipinski definition) is 1. The Hall–Kier alpha value is -2.56. The molecule has 4 rings (SSSR count). The first-order chi connectivity index (χ1) is 13.3. The Kier molecular flexibility index (Phi) is 4.56. The van der Waals surface area contributed by atoms with Gasteiger partial charge in [0.05, 0.1) is 36.9 Å². The maximum Gasteiger partial charge on any atom is 0.238 e. The average Bonchev–Trinajstić information content (AvgIpc) is 3.07. The van der Waals surface area contributed by atoms with Crippen LogP contribution in [0.25, 0.3) is 0 Å². The van der Waals surface area contributed by atoms with Crippen molar-refractivity contribution >= 4 is 15.9 Å². The smallest absolute Gasteiger partial charge is 0.238 e. The standard InChI is InChI=1S/C18H17F2N3O4S/c1-26-17-6-12-16(22-17)3-2-10-8-27-9-23(18(10)12)7-13-14(19)4-11(5-15(13)20)28(21,24)25/h2-6,16H,7-9H2,1H3,(H2,21,24,25). The predicted octanol–water partition coefficient (Wildman–Crippen LogP) is 1.58. The summed E-state index contributed by atoms with van der Waals surface area (Å²) in [7, 11) is -2.69. The van der Waals surface area contributed by atoms with Crippen molar-refractivity contribution in [2.24, 2.45) is 10.1 Å². The van der Waals surface area contributed by atoms with Crippen LogP contribution in [0.2, 0.25) is 0 Å². The third-order valence-electron chi connectivity index (χ3n) is 4.74. The molecule has 1 aromatic rings. The number of benzene rings is 1. The number of nitrogens with zero attached hydrogens (tertiary/aromatic N) is 2. The topological polar surface area (TPSA) is 94.2 Å². The van der Waals surface area contributed by atoms with Gasteiger partial charge >= 0.3 is 0 Å². The van der Waals surface area contributed by atoms with Gasteiger partial charge in [-0.15, -0.1) is 0 Å². The van der Waals surface area contributed by atoms with E-state index in [2.05, 4.69) is 4.99 Å². The summed E-state index contributed by atoms with van der Waals surface area (Å²) in [6, 6.07) is 1.21. The Morgan fingerprint density at radius 1 is 1.36 bits per heavy atom. The Bertz CT molecular complexity index is 1050. The van der Waals surface area contributed by atoms with E-state index in [4.69, 9.17) is 14.6 Å². The van der Waals surface area contributed by atoms with Crippen LogP contribution in [-0.4, -0.2) is 45.7 Å². The monoisotopic (exact) mass is 409 g/mol. The molecule has 148 valence electrons. The number of aliphatic imine (C=N–C) groups is 1. The highest BCUT2D eigenvalue weighted by Gasteiger charge is 2.33. The molecule has 7 nitrogen and oxygen atoms in total. The predicted molar refractivity (Wildman–Crippen MR) is 96.6 cm³/mol. The van der Waals surface area contributed by atoms with Crippen LogP contribution in [0, 0.1) is 11.6 Å². The van der Waals surface area contributed by atoms with Crippen molar-refractivity contribution in [1.82, 2.24) is 4.90 Å². The highest BCUT2D eigenvalue weighted by molar-refractivity contribution is 7.89. The third kappa shape index (κ3) is 3.23. The number of rotatable bonds is 3. The van der Waals surface area contributed by atoms with E-state index in [0.29, 0.717) is 12.5 Å². The van der Waals surface area contributed by atoms with Gasteiger partial charge in [0.15, 0.2) is 0 Å². The molecule has 3 aliphatic rings. The number of ether oxygens (including phenoxy) is 2. The van der Waals surface area contributed by atoms with Gasteiger partial charge in [0, 0.05) is 22.8 Å². The van der Waals surface area contributed by atoms with Crippen LogP contribution in [0.1, 0.15) is 5.56 Å². The second-order valence-corrected chi connectivity index (χ2v) is 8.10. The number of halogens is 2. The largest absolute Gasteiger partial charge is 0.481 e. The van der Waals surface area contributed by atoms with Crippen molar-refractivity contribution < 1.29 is 26.7 Å². The number of nitrogens with two attached hydrogens (primary N) is 1. The molecule has 0 spiro atoms. The van der Waals surface area contributed by atoms with E-state index in [-0.39, 0.29) is 24.9 Å². The molecule has 0 aromatic heterocycles. The minimum atomic E-state index is -4.21. The molecule has 0 radical (unpaired) electrons. The molecule has 0 fully saturated rings. The number of methoxy groups -OCH3 is 1. The zero-order valence-electron chi connectivity index (χ0n) is 14.9. The van der Waals surface area contributed by atoms with Gasteiger partial charge in [0.2, 0.25) is 15.9 Å². The van der Waals surface area contributed by atoms with Crippen LogP contribution in [0.3, 0.4) is 0 Å². The zero-order chi connectivity index (χ0) is 20.1. The molecule has 1 atom stereocenters. The van der Waals surface area contributed by atoms with Gasteiger partial charge in [-0.25, -0.2) is 27.3 Å². The van der Waals surface area contributed by atoms with E-state index in [1.165, 1.54) is 7.11 Å². The molecule has 0 saturated carbocycles. The van der Waals surface area contributed by atoms with Crippen LogP contribution in [0.5, 0.6) is 0 Å². The number of primary sulfonamides is 1. The Morgan fingerprint density at radius 2 is 2.07 bits per heavy atom. The highest BCUT2D eigenvalue weighted by Crippen LogP contribution is 2.36. The summed E-state index contributed by atoms with van der Waals surface area (Å²) in [5.41, 5.74) is 2.23. The van der Waals surface area contributed by atoms with Crippen LogP contribution in [0.15, 0.2) is 57.1 Å². The fourth-order valence-corrected chi connectivity index (χ4v) is 3.98. The van der Waals surface area contributed by atoms with Crippen molar-refractivity contribution in [2.75, 3.05) is 20.4 Å². The summed E-state index contributed by atoms with van der Waals surface area (Å²) in [5.74, 6) is -1.51. The maximum absolute atomic E-state index is 14.5. The maximum atomic E-state index is 14.5. The Morgan fingerprint density at radius 3 is 2.71 bits per heavy atom. The fourth-order valence-electron chi connectivity index (χ4n) is 3.44. The van der Waals surface area contributed by atoms with E-state index in [1.807, 2.05) is 12.2 Å². The van der Waals surface area contributed by atoms with Crippen molar-refractivity contribution in [3.63, 3.8) is 0 Å². The Balaban J connectivity index is 1.70. The molecule has 1 aromatic carbocycles. The molecule has 0 amide bonds. The average molecular weight is 409 g/mol. The molecular weight excluding hydrogens is 392 g/mol. The van der Waals surface area contributed by atoms with Crippen LogP contribution in [-0.2, 0) is 26.0 Å². The summed E-state index contributed by atoms with van der Waals surface area (Å²) < 4.78 is 62.5. The molecule has 2 N–H and O–H groups in total.